The molecule has 14 heavy (non-hydrogen) atoms. The molecule has 1 fully saturated rings. The molecule has 0 aliphatic heterocycles. The number of hydrogen-bond acceptors (Lipinski definition) is 3. The molecule has 0 aromatic heterocycles. The zero-order valence-electron chi connectivity index (χ0n) is 9.43. The maximum Gasteiger partial charge on any atom is 0.325 e. The van der Waals surface area contributed by atoms with Crippen LogP contribution in [0.4, 0.5) is 0 Å². The number of hydrogen-bond donors (Lipinski definition) is 1. The molecule has 0 amide bonds. The van der Waals surface area contributed by atoms with Crippen molar-refractivity contribution < 1.29 is 9.53 Å². The summed E-state index contributed by atoms with van der Waals surface area (Å²) in [6.07, 6.45) is 4.65. The lowest BCUT2D eigenvalue weighted by Crippen LogP contribution is -2.48. The molecule has 1 atom stereocenters. The van der Waals surface area contributed by atoms with E-state index >= 15 is 0 Å². The summed E-state index contributed by atoms with van der Waals surface area (Å²) in [5.41, 5.74) is 5.64. The van der Waals surface area contributed by atoms with Crippen molar-refractivity contribution in [2.45, 2.75) is 51.5 Å². The van der Waals surface area contributed by atoms with Crippen LogP contribution >= 0.6 is 0 Å². The van der Waals surface area contributed by atoms with Crippen LogP contribution in [0.1, 0.15) is 46.0 Å². The SMILES string of the molecule is COC(=O)C1(N)CCCC(C)(C)CC1. The van der Waals surface area contributed by atoms with Gasteiger partial charge in [-0.2, -0.15) is 0 Å². The lowest BCUT2D eigenvalue weighted by molar-refractivity contribution is -0.147. The summed E-state index contributed by atoms with van der Waals surface area (Å²) in [6.45, 7) is 4.46. The Labute approximate surface area is 86.0 Å². The van der Waals surface area contributed by atoms with E-state index in [-0.39, 0.29) is 5.97 Å². The predicted molar refractivity (Wildman–Crippen MR) is 55.8 cm³/mol. The minimum absolute atomic E-state index is 0.254. The Hall–Kier alpha value is -0.570. The van der Waals surface area contributed by atoms with E-state index in [0.717, 1.165) is 32.1 Å². The van der Waals surface area contributed by atoms with E-state index in [2.05, 4.69) is 13.8 Å². The van der Waals surface area contributed by atoms with Gasteiger partial charge in [0, 0.05) is 0 Å². The molecule has 3 nitrogen and oxygen atoms in total. The third-order valence-corrected chi connectivity index (χ3v) is 3.32. The van der Waals surface area contributed by atoms with E-state index in [4.69, 9.17) is 10.5 Å². The molecule has 1 saturated carbocycles. The maximum absolute atomic E-state index is 11.5. The molecule has 82 valence electrons. The molecule has 0 aromatic rings. The Morgan fingerprint density at radius 2 is 1.86 bits per heavy atom. The summed E-state index contributed by atoms with van der Waals surface area (Å²) in [5.74, 6) is -0.254. The summed E-state index contributed by atoms with van der Waals surface area (Å²) < 4.78 is 4.75. The zero-order valence-corrected chi connectivity index (χ0v) is 9.43. The lowest BCUT2D eigenvalue weighted by Gasteiger charge is -2.26. The predicted octanol–water partition coefficient (Wildman–Crippen LogP) is 1.85. The molecule has 0 saturated heterocycles. The van der Waals surface area contributed by atoms with Crippen molar-refractivity contribution in [2.75, 3.05) is 7.11 Å². The van der Waals surface area contributed by atoms with E-state index < -0.39 is 5.54 Å². The molecule has 1 aliphatic carbocycles. The lowest BCUT2D eigenvalue weighted by atomic mass is 9.84. The van der Waals surface area contributed by atoms with E-state index in [9.17, 15) is 4.79 Å². The van der Waals surface area contributed by atoms with Gasteiger partial charge in [-0.05, 0) is 31.1 Å². The second-order valence-electron chi connectivity index (χ2n) is 5.17. The highest BCUT2D eigenvalue weighted by Crippen LogP contribution is 2.37. The number of carbonyl (C=O) groups excluding carboxylic acids is 1. The smallest absolute Gasteiger partial charge is 0.325 e. The molecule has 0 spiro atoms. The Kier molecular flexibility index (Phi) is 3.20. The molecule has 0 aromatic carbocycles. The van der Waals surface area contributed by atoms with Crippen LogP contribution in [0.3, 0.4) is 0 Å². The summed E-state index contributed by atoms with van der Waals surface area (Å²) in [5, 5.41) is 0. The fraction of sp³-hybridized carbons (Fsp3) is 0.909. The van der Waals surface area contributed by atoms with Gasteiger partial charge < -0.3 is 10.5 Å². The van der Waals surface area contributed by atoms with Gasteiger partial charge in [-0.15, -0.1) is 0 Å². The summed E-state index contributed by atoms with van der Waals surface area (Å²) >= 11 is 0. The van der Waals surface area contributed by atoms with Gasteiger partial charge in [0.2, 0.25) is 0 Å². The topological polar surface area (TPSA) is 52.3 Å². The Morgan fingerprint density at radius 3 is 2.43 bits per heavy atom. The summed E-state index contributed by atoms with van der Waals surface area (Å²) in [6, 6.07) is 0. The number of carbonyl (C=O) groups is 1. The first-order valence-electron chi connectivity index (χ1n) is 5.27. The van der Waals surface area contributed by atoms with E-state index in [1.165, 1.54) is 7.11 Å². The third kappa shape index (κ3) is 2.47. The van der Waals surface area contributed by atoms with Crippen LogP contribution in [0, 0.1) is 5.41 Å². The van der Waals surface area contributed by atoms with Gasteiger partial charge in [-0.3, -0.25) is 4.79 Å². The van der Waals surface area contributed by atoms with Gasteiger partial charge in [0.1, 0.15) is 5.54 Å². The van der Waals surface area contributed by atoms with Crippen LogP contribution in [0.25, 0.3) is 0 Å². The molecule has 0 bridgehead atoms. The Balaban J connectivity index is 2.69. The first-order chi connectivity index (χ1) is 6.40. The van der Waals surface area contributed by atoms with Gasteiger partial charge in [-0.25, -0.2) is 0 Å². The molecular weight excluding hydrogens is 178 g/mol. The summed E-state index contributed by atoms with van der Waals surface area (Å²) in [7, 11) is 1.41. The van der Waals surface area contributed by atoms with Crippen LogP contribution in [0.5, 0.6) is 0 Å². The minimum Gasteiger partial charge on any atom is -0.468 e. The number of ether oxygens (including phenoxy) is 1. The Morgan fingerprint density at radius 1 is 1.21 bits per heavy atom. The molecule has 3 heteroatoms. The van der Waals surface area contributed by atoms with Crippen molar-refractivity contribution in [2.24, 2.45) is 11.1 Å². The van der Waals surface area contributed by atoms with Crippen LogP contribution in [-0.4, -0.2) is 18.6 Å². The number of rotatable bonds is 1. The highest BCUT2D eigenvalue weighted by Gasteiger charge is 2.38. The highest BCUT2D eigenvalue weighted by atomic mass is 16.5. The van der Waals surface area contributed by atoms with Gasteiger partial charge >= 0.3 is 5.97 Å². The van der Waals surface area contributed by atoms with Crippen molar-refractivity contribution in [3.8, 4) is 0 Å². The largest absolute Gasteiger partial charge is 0.468 e. The highest BCUT2D eigenvalue weighted by molar-refractivity contribution is 5.80. The normalized spacial score (nSPS) is 32.0. The monoisotopic (exact) mass is 199 g/mol. The molecule has 0 heterocycles. The molecule has 1 unspecified atom stereocenters. The van der Waals surface area contributed by atoms with Crippen LogP contribution in [-0.2, 0) is 9.53 Å². The van der Waals surface area contributed by atoms with Gasteiger partial charge in [-0.1, -0.05) is 20.3 Å². The van der Waals surface area contributed by atoms with Crippen LogP contribution in [0.2, 0.25) is 0 Å². The van der Waals surface area contributed by atoms with E-state index in [0.29, 0.717) is 5.41 Å². The fourth-order valence-electron chi connectivity index (χ4n) is 2.10. The average molecular weight is 199 g/mol. The van der Waals surface area contributed by atoms with Gasteiger partial charge in [0.25, 0.3) is 0 Å². The van der Waals surface area contributed by atoms with Crippen LogP contribution in [0.15, 0.2) is 0 Å². The minimum atomic E-state index is -0.734. The van der Waals surface area contributed by atoms with Crippen molar-refractivity contribution in [3.05, 3.63) is 0 Å². The average Bonchev–Trinajstić information content (AvgIpc) is 2.26. The standard InChI is InChI=1S/C11H21NO2/c1-10(2)5-4-6-11(12,8-7-10)9(13)14-3/h4-8,12H2,1-3H3. The van der Waals surface area contributed by atoms with Gasteiger partial charge in [0.05, 0.1) is 7.11 Å². The first kappa shape index (κ1) is 11.5. The molecule has 0 radical (unpaired) electrons. The summed E-state index contributed by atoms with van der Waals surface area (Å²) in [4.78, 5) is 11.5. The van der Waals surface area contributed by atoms with Crippen molar-refractivity contribution >= 4 is 5.97 Å². The van der Waals surface area contributed by atoms with E-state index in [1.807, 2.05) is 0 Å². The quantitative estimate of drug-likeness (QED) is 0.518. The second kappa shape index (κ2) is 3.89. The zero-order chi connectivity index (χ0) is 10.8. The second-order valence-corrected chi connectivity index (χ2v) is 5.17. The Bertz CT molecular complexity index is 225. The van der Waals surface area contributed by atoms with Crippen molar-refractivity contribution in [1.82, 2.24) is 0 Å². The van der Waals surface area contributed by atoms with Crippen molar-refractivity contribution in [3.63, 3.8) is 0 Å². The molecule has 1 rings (SSSR count). The fourth-order valence-corrected chi connectivity index (χ4v) is 2.10. The molecule has 2 N–H and O–H groups in total. The number of esters is 1. The first-order valence-corrected chi connectivity index (χ1v) is 5.27. The van der Waals surface area contributed by atoms with E-state index in [1.54, 1.807) is 0 Å². The van der Waals surface area contributed by atoms with Crippen LogP contribution < -0.4 is 5.73 Å². The molecule has 1 aliphatic rings. The third-order valence-electron chi connectivity index (χ3n) is 3.32. The van der Waals surface area contributed by atoms with Crippen molar-refractivity contribution in [1.29, 1.82) is 0 Å². The number of methoxy groups -OCH3 is 1. The maximum atomic E-state index is 11.5. The van der Waals surface area contributed by atoms with Gasteiger partial charge in [0.15, 0.2) is 0 Å². The number of nitrogens with two attached hydrogens (primary N) is 1. The molecular formula is C11H21NO2.